The van der Waals surface area contributed by atoms with Gasteiger partial charge in [0.2, 0.25) is 5.91 Å². The Labute approximate surface area is 143 Å². The monoisotopic (exact) mass is 329 g/mol. The van der Waals surface area contributed by atoms with Gasteiger partial charge in [-0.2, -0.15) is 0 Å². The predicted octanol–water partition coefficient (Wildman–Crippen LogP) is 1.65. The van der Waals surface area contributed by atoms with Gasteiger partial charge in [0.25, 0.3) is 5.91 Å². The van der Waals surface area contributed by atoms with Crippen LogP contribution in [0.15, 0.2) is 24.3 Å². The molecule has 2 fully saturated rings. The lowest BCUT2D eigenvalue weighted by Crippen LogP contribution is -2.46. The molecular formula is C19H27N3O2. The van der Waals surface area contributed by atoms with Gasteiger partial charge in [-0.05, 0) is 50.8 Å². The van der Waals surface area contributed by atoms with E-state index >= 15 is 0 Å². The van der Waals surface area contributed by atoms with Crippen LogP contribution in [-0.4, -0.2) is 54.3 Å². The first-order chi connectivity index (χ1) is 11.6. The Hall–Kier alpha value is -1.88. The minimum absolute atomic E-state index is 0.0359. The highest BCUT2D eigenvalue weighted by Gasteiger charge is 2.34. The van der Waals surface area contributed by atoms with Crippen LogP contribution in [0.25, 0.3) is 0 Å². The van der Waals surface area contributed by atoms with Crippen LogP contribution in [0.4, 0.5) is 0 Å². The van der Waals surface area contributed by atoms with Gasteiger partial charge in [0.15, 0.2) is 0 Å². The molecule has 2 atom stereocenters. The van der Waals surface area contributed by atoms with Crippen LogP contribution >= 0.6 is 0 Å². The lowest BCUT2D eigenvalue weighted by molar-refractivity contribution is -0.136. The summed E-state index contributed by atoms with van der Waals surface area (Å²) in [6.45, 7) is 5.51. The van der Waals surface area contributed by atoms with Crippen LogP contribution in [0, 0.1) is 18.8 Å². The summed E-state index contributed by atoms with van der Waals surface area (Å²) in [6, 6.07) is 7.65. The van der Waals surface area contributed by atoms with Crippen LogP contribution in [-0.2, 0) is 4.79 Å². The van der Waals surface area contributed by atoms with Crippen LogP contribution in [0.1, 0.15) is 35.2 Å². The average Bonchev–Trinajstić information content (AvgIpc) is 3.10. The zero-order valence-corrected chi connectivity index (χ0v) is 14.4. The van der Waals surface area contributed by atoms with E-state index in [1.165, 1.54) is 0 Å². The molecule has 2 unspecified atom stereocenters. The van der Waals surface area contributed by atoms with Gasteiger partial charge in [0.05, 0.1) is 5.92 Å². The molecule has 5 nitrogen and oxygen atoms in total. The molecule has 130 valence electrons. The van der Waals surface area contributed by atoms with Gasteiger partial charge >= 0.3 is 0 Å². The second-order valence-corrected chi connectivity index (χ2v) is 7.13. The van der Waals surface area contributed by atoms with Crippen molar-refractivity contribution in [2.75, 3.05) is 32.7 Å². The summed E-state index contributed by atoms with van der Waals surface area (Å²) in [4.78, 5) is 29.2. The summed E-state index contributed by atoms with van der Waals surface area (Å²) in [6.07, 6.45) is 2.77. The smallest absolute Gasteiger partial charge is 0.253 e. The standard InChI is InChI=1S/C19H27N3O2/c1-14-4-6-16(7-5-14)18(23)21-9-2-3-17(13-21)19(24)22-10-8-15(11-20)12-22/h4-7,15,17H,2-3,8-13,20H2,1H3. The Balaban J connectivity index is 1.62. The number of hydrogen-bond acceptors (Lipinski definition) is 3. The van der Waals surface area contributed by atoms with E-state index in [2.05, 4.69) is 0 Å². The lowest BCUT2D eigenvalue weighted by Gasteiger charge is -2.34. The van der Waals surface area contributed by atoms with Crippen molar-refractivity contribution in [1.29, 1.82) is 0 Å². The van der Waals surface area contributed by atoms with Crippen LogP contribution in [0.3, 0.4) is 0 Å². The fourth-order valence-corrected chi connectivity index (χ4v) is 3.73. The maximum Gasteiger partial charge on any atom is 0.253 e. The molecule has 2 saturated heterocycles. The molecule has 2 N–H and O–H groups in total. The molecule has 2 aliphatic rings. The van der Waals surface area contributed by atoms with Crippen molar-refractivity contribution in [3.05, 3.63) is 35.4 Å². The minimum atomic E-state index is -0.0651. The summed E-state index contributed by atoms with van der Waals surface area (Å²) in [5.41, 5.74) is 7.57. The summed E-state index contributed by atoms with van der Waals surface area (Å²) in [7, 11) is 0. The highest BCUT2D eigenvalue weighted by molar-refractivity contribution is 5.94. The molecule has 0 radical (unpaired) electrons. The van der Waals surface area contributed by atoms with Gasteiger partial charge < -0.3 is 15.5 Å². The molecule has 1 aromatic carbocycles. The van der Waals surface area contributed by atoms with Crippen molar-refractivity contribution >= 4 is 11.8 Å². The van der Waals surface area contributed by atoms with E-state index in [1.807, 2.05) is 41.0 Å². The number of piperidine rings is 1. The topological polar surface area (TPSA) is 66.6 Å². The van der Waals surface area contributed by atoms with Gasteiger partial charge in [0, 0.05) is 31.7 Å². The van der Waals surface area contributed by atoms with Crippen LogP contribution in [0.5, 0.6) is 0 Å². The van der Waals surface area contributed by atoms with E-state index in [0.29, 0.717) is 24.6 Å². The normalized spacial score (nSPS) is 24.2. The van der Waals surface area contributed by atoms with E-state index in [9.17, 15) is 9.59 Å². The Morgan fingerprint density at radius 2 is 1.83 bits per heavy atom. The third kappa shape index (κ3) is 3.61. The fraction of sp³-hybridized carbons (Fsp3) is 0.579. The number of benzene rings is 1. The Morgan fingerprint density at radius 1 is 1.08 bits per heavy atom. The molecule has 0 bridgehead atoms. The third-order valence-corrected chi connectivity index (χ3v) is 5.29. The van der Waals surface area contributed by atoms with E-state index in [1.54, 1.807) is 0 Å². The first kappa shape index (κ1) is 17.0. The first-order valence-electron chi connectivity index (χ1n) is 8.93. The summed E-state index contributed by atoms with van der Waals surface area (Å²) >= 11 is 0. The van der Waals surface area contributed by atoms with E-state index in [0.717, 1.165) is 44.5 Å². The average molecular weight is 329 g/mol. The van der Waals surface area contributed by atoms with Crippen molar-refractivity contribution in [1.82, 2.24) is 9.80 Å². The number of carbonyl (C=O) groups excluding carboxylic acids is 2. The van der Waals surface area contributed by atoms with Gasteiger partial charge in [-0.1, -0.05) is 17.7 Å². The van der Waals surface area contributed by atoms with Crippen molar-refractivity contribution in [3.63, 3.8) is 0 Å². The Morgan fingerprint density at radius 3 is 2.50 bits per heavy atom. The number of rotatable bonds is 3. The molecule has 0 saturated carbocycles. The SMILES string of the molecule is Cc1ccc(C(=O)N2CCCC(C(=O)N3CCC(CN)C3)C2)cc1. The molecule has 2 amide bonds. The maximum absolute atomic E-state index is 12.8. The number of hydrogen-bond donors (Lipinski definition) is 1. The molecule has 5 heteroatoms. The zero-order chi connectivity index (χ0) is 17.1. The maximum atomic E-state index is 12.8. The highest BCUT2D eigenvalue weighted by Crippen LogP contribution is 2.24. The zero-order valence-electron chi connectivity index (χ0n) is 14.4. The number of aryl methyl sites for hydroxylation is 1. The molecule has 0 aromatic heterocycles. The van der Waals surface area contributed by atoms with E-state index in [-0.39, 0.29) is 17.7 Å². The lowest BCUT2D eigenvalue weighted by atomic mass is 9.96. The second-order valence-electron chi connectivity index (χ2n) is 7.13. The Bertz CT molecular complexity index is 599. The van der Waals surface area contributed by atoms with Crippen molar-refractivity contribution in [2.45, 2.75) is 26.2 Å². The van der Waals surface area contributed by atoms with Gasteiger partial charge in [-0.15, -0.1) is 0 Å². The number of nitrogens with two attached hydrogens (primary N) is 1. The fourth-order valence-electron chi connectivity index (χ4n) is 3.73. The van der Waals surface area contributed by atoms with Crippen LogP contribution in [0.2, 0.25) is 0 Å². The molecule has 24 heavy (non-hydrogen) atoms. The van der Waals surface area contributed by atoms with Gasteiger partial charge in [-0.25, -0.2) is 0 Å². The minimum Gasteiger partial charge on any atom is -0.342 e. The molecule has 3 rings (SSSR count). The summed E-state index contributed by atoms with van der Waals surface area (Å²) in [5.74, 6) is 0.605. The molecule has 1 aromatic rings. The molecule has 2 aliphatic heterocycles. The summed E-state index contributed by atoms with van der Waals surface area (Å²) in [5, 5.41) is 0. The Kier molecular flexibility index (Phi) is 5.19. The van der Waals surface area contributed by atoms with Gasteiger partial charge in [-0.3, -0.25) is 9.59 Å². The van der Waals surface area contributed by atoms with Crippen molar-refractivity contribution < 1.29 is 9.59 Å². The highest BCUT2D eigenvalue weighted by atomic mass is 16.2. The summed E-state index contributed by atoms with van der Waals surface area (Å²) < 4.78 is 0. The second kappa shape index (κ2) is 7.34. The molecule has 0 aliphatic carbocycles. The predicted molar refractivity (Wildman–Crippen MR) is 93.5 cm³/mol. The van der Waals surface area contributed by atoms with Crippen LogP contribution < -0.4 is 5.73 Å². The van der Waals surface area contributed by atoms with E-state index < -0.39 is 0 Å². The van der Waals surface area contributed by atoms with Crippen molar-refractivity contribution in [2.24, 2.45) is 17.6 Å². The largest absolute Gasteiger partial charge is 0.342 e. The first-order valence-corrected chi connectivity index (χ1v) is 8.93. The molecule has 0 spiro atoms. The quantitative estimate of drug-likeness (QED) is 0.917. The third-order valence-electron chi connectivity index (χ3n) is 5.29. The number of amides is 2. The van der Waals surface area contributed by atoms with E-state index in [4.69, 9.17) is 5.73 Å². The molecular weight excluding hydrogens is 302 g/mol. The van der Waals surface area contributed by atoms with Crippen molar-refractivity contribution in [3.8, 4) is 0 Å². The van der Waals surface area contributed by atoms with Gasteiger partial charge in [0.1, 0.15) is 0 Å². The number of carbonyl (C=O) groups is 2. The number of likely N-dealkylation sites (tertiary alicyclic amines) is 2. The molecule has 2 heterocycles. The number of nitrogens with zero attached hydrogens (tertiary/aromatic N) is 2.